The molecular weight excluding hydrogens is 168 g/mol. The van der Waals surface area contributed by atoms with Crippen LogP contribution in [-0.2, 0) is 4.79 Å². The van der Waals surface area contributed by atoms with Crippen LogP contribution in [0.3, 0.4) is 0 Å². The molecular formula is C10H20OS. The van der Waals surface area contributed by atoms with Gasteiger partial charge in [-0.2, -0.15) is 0 Å². The molecule has 0 fully saturated rings. The smallest absolute Gasteiger partial charge is 0.143 e. The summed E-state index contributed by atoms with van der Waals surface area (Å²) in [5.41, 5.74) is 0. The maximum absolute atomic E-state index is 11.3. The van der Waals surface area contributed by atoms with E-state index in [0.717, 1.165) is 6.42 Å². The Hall–Kier alpha value is 0.0200. The van der Waals surface area contributed by atoms with E-state index in [1.54, 1.807) is 18.7 Å². The van der Waals surface area contributed by atoms with E-state index in [1.165, 1.54) is 0 Å². The molecule has 12 heavy (non-hydrogen) atoms. The fourth-order valence-corrected chi connectivity index (χ4v) is 2.38. The Bertz CT molecular complexity index is 143. The number of rotatable bonds is 5. The lowest BCUT2D eigenvalue weighted by atomic mass is 10.0. The number of carbonyl (C=O) groups excluding carboxylic acids is 1. The molecule has 0 aliphatic carbocycles. The van der Waals surface area contributed by atoms with Crippen molar-refractivity contribution in [3.05, 3.63) is 0 Å². The highest BCUT2D eigenvalue weighted by atomic mass is 32.2. The number of Topliss-reactive ketones (excluding diaryl/α,β-unsaturated/α-hetero) is 1. The molecule has 0 amide bonds. The van der Waals surface area contributed by atoms with Crippen molar-refractivity contribution in [3.63, 3.8) is 0 Å². The van der Waals surface area contributed by atoms with Crippen LogP contribution < -0.4 is 0 Å². The monoisotopic (exact) mass is 188 g/mol. The Morgan fingerprint density at radius 2 is 1.83 bits per heavy atom. The van der Waals surface area contributed by atoms with E-state index in [2.05, 4.69) is 27.7 Å². The summed E-state index contributed by atoms with van der Waals surface area (Å²) in [5, 5.41) is 0.753. The Morgan fingerprint density at radius 1 is 1.33 bits per heavy atom. The van der Waals surface area contributed by atoms with Crippen molar-refractivity contribution in [2.75, 3.05) is 0 Å². The second kappa shape index (κ2) is 5.63. The zero-order valence-corrected chi connectivity index (χ0v) is 9.57. The molecule has 0 saturated heterocycles. The van der Waals surface area contributed by atoms with Gasteiger partial charge >= 0.3 is 0 Å². The van der Waals surface area contributed by atoms with Crippen molar-refractivity contribution in [1.82, 2.24) is 0 Å². The number of carbonyl (C=O) groups is 1. The van der Waals surface area contributed by atoms with E-state index < -0.39 is 0 Å². The number of ketones is 1. The maximum atomic E-state index is 11.3. The Labute approximate surface area is 80.3 Å². The van der Waals surface area contributed by atoms with Crippen LogP contribution in [0.25, 0.3) is 0 Å². The third kappa shape index (κ3) is 4.15. The molecule has 0 N–H and O–H groups in total. The summed E-state index contributed by atoms with van der Waals surface area (Å²) in [7, 11) is 0. The molecule has 0 aliphatic rings. The van der Waals surface area contributed by atoms with Gasteiger partial charge in [-0.25, -0.2) is 0 Å². The van der Waals surface area contributed by atoms with Crippen molar-refractivity contribution in [2.45, 2.75) is 51.5 Å². The minimum atomic E-state index is 0.204. The van der Waals surface area contributed by atoms with Gasteiger partial charge in [0.15, 0.2) is 0 Å². The summed E-state index contributed by atoms with van der Waals surface area (Å²) in [6.45, 7) is 10.3. The lowest BCUT2D eigenvalue weighted by molar-refractivity contribution is -0.117. The van der Waals surface area contributed by atoms with Crippen LogP contribution in [-0.4, -0.2) is 16.3 Å². The van der Waals surface area contributed by atoms with Gasteiger partial charge in [0.25, 0.3) is 0 Å². The zero-order chi connectivity index (χ0) is 9.72. The van der Waals surface area contributed by atoms with Gasteiger partial charge in [-0.05, 0) is 18.1 Å². The number of hydrogen-bond acceptors (Lipinski definition) is 2. The lowest BCUT2D eigenvalue weighted by Gasteiger charge is -2.21. The normalized spacial score (nSPS) is 16.2. The van der Waals surface area contributed by atoms with Gasteiger partial charge in [-0.15, -0.1) is 11.8 Å². The third-order valence-electron chi connectivity index (χ3n) is 1.98. The highest BCUT2D eigenvalue weighted by Gasteiger charge is 2.21. The molecule has 2 atom stereocenters. The summed E-state index contributed by atoms with van der Waals surface area (Å²) in [6.07, 6.45) is 1.09. The summed E-state index contributed by atoms with van der Waals surface area (Å²) in [4.78, 5) is 11.3. The molecule has 0 aromatic heterocycles. The van der Waals surface area contributed by atoms with E-state index in [9.17, 15) is 4.79 Å². The molecule has 0 aromatic carbocycles. The molecule has 0 heterocycles. The molecule has 72 valence electrons. The van der Waals surface area contributed by atoms with Crippen LogP contribution in [0.15, 0.2) is 0 Å². The standard InChI is InChI=1S/C10H20OS/c1-6-8(4)10(9(5)11)12-7(2)3/h7-8,10H,6H2,1-5H3/t8-,10?/m0/s1. The lowest BCUT2D eigenvalue weighted by Crippen LogP contribution is -2.23. The largest absolute Gasteiger partial charge is 0.299 e. The zero-order valence-electron chi connectivity index (χ0n) is 8.76. The minimum Gasteiger partial charge on any atom is -0.299 e. The van der Waals surface area contributed by atoms with Crippen molar-refractivity contribution in [1.29, 1.82) is 0 Å². The van der Waals surface area contributed by atoms with Crippen molar-refractivity contribution < 1.29 is 4.79 Å². The first-order valence-corrected chi connectivity index (χ1v) is 5.59. The van der Waals surface area contributed by atoms with E-state index in [-0.39, 0.29) is 5.25 Å². The average Bonchev–Trinajstić information content (AvgIpc) is 1.98. The average molecular weight is 188 g/mol. The summed E-state index contributed by atoms with van der Waals surface area (Å²) < 4.78 is 0. The van der Waals surface area contributed by atoms with Gasteiger partial charge < -0.3 is 0 Å². The SMILES string of the molecule is CC[C@H](C)C(SC(C)C)C(C)=O. The van der Waals surface area contributed by atoms with Crippen molar-refractivity contribution in [3.8, 4) is 0 Å². The summed E-state index contributed by atoms with van der Waals surface area (Å²) >= 11 is 1.79. The molecule has 0 radical (unpaired) electrons. The van der Waals surface area contributed by atoms with E-state index >= 15 is 0 Å². The van der Waals surface area contributed by atoms with Crippen LogP contribution in [0.5, 0.6) is 0 Å². The topological polar surface area (TPSA) is 17.1 Å². The van der Waals surface area contributed by atoms with E-state index in [1.807, 2.05) is 0 Å². The fraction of sp³-hybridized carbons (Fsp3) is 0.900. The van der Waals surface area contributed by atoms with Crippen molar-refractivity contribution in [2.24, 2.45) is 5.92 Å². The highest BCUT2D eigenvalue weighted by Crippen LogP contribution is 2.26. The predicted octanol–water partition coefficient (Wildman–Crippen LogP) is 3.13. The van der Waals surface area contributed by atoms with Crippen molar-refractivity contribution >= 4 is 17.5 Å². The van der Waals surface area contributed by atoms with Gasteiger partial charge in [0.2, 0.25) is 0 Å². The fourth-order valence-electron chi connectivity index (χ4n) is 1.14. The molecule has 0 saturated carbocycles. The van der Waals surface area contributed by atoms with Crippen LogP contribution in [0.2, 0.25) is 0 Å². The number of thioether (sulfide) groups is 1. The highest BCUT2D eigenvalue weighted by molar-refractivity contribution is 8.01. The van der Waals surface area contributed by atoms with Gasteiger partial charge in [-0.3, -0.25) is 4.79 Å². The van der Waals surface area contributed by atoms with E-state index in [0.29, 0.717) is 17.0 Å². The van der Waals surface area contributed by atoms with Gasteiger partial charge in [0.05, 0.1) is 5.25 Å². The molecule has 0 aliphatic heterocycles. The third-order valence-corrected chi connectivity index (χ3v) is 3.61. The van der Waals surface area contributed by atoms with E-state index in [4.69, 9.17) is 0 Å². The quantitative estimate of drug-likeness (QED) is 0.659. The van der Waals surface area contributed by atoms with Crippen LogP contribution in [0.1, 0.15) is 41.0 Å². The molecule has 2 heteroatoms. The second-order valence-corrected chi connectivity index (χ2v) is 5.32. The molecule has 1 unspecified atom stereocenters. The Morgan fingerprint density at radius 3 is 2.08 bits per heavy atom. The van der Waals surface area contributed by atoms with Gasteiger partial charge in [-0.1, -0.05) is 34.1 Å². The number of hydrogen-bond donors (Lipinski definition) is 0. The summed E-state index contributed by atoms with van der Waals surface area (Å²) in [5.74, 6) is 0.831. The predicted molar refractivity (Wildman–Crippen MR) is 56.7 cm³/mol. The molecule has 0 aromatic rings. The Balaban J connectivity index is 4.13. The molecule has 0 rings (SSSR count). The van der Waals surface area contributed by atoms with Gasteiger partial charge in [0, 0.05) is 0 Å². The van der Waals surface area contributed by atoms with Crippen LogP contribution in [0.4, 0.5) is 0 Å². The summed E-state index contributed by atoms with van der Waals surface area (Å²) in [6, 6.07) is 0. The molecule has 0 spiro atoms. The molecule has 0 bridgehead atoms. The molecule has 1 nitrogen and oxygen atoms in total. The minimum absolute atomic E-state index is 0.204. The van der Waals surface area contributed by atoms with Crippen LogP contribution >= 0.6 is 11.8 Å². The second-order valence-electron chi connectivity index (χ2n) is 3.60. The first-order valence-electron chi connectivity index (χ1n) is 4.64. The van der Waals surface area contributed by atoms with Crippen LogP contribution in [0, 0.1) is 5.92 Å². The first kappa shape index (κ1) is 12.0. The first-order chi connectivity index (χ1) is 5.49. The van der Waals surface area contributed by atoms with Gasteiger partial charge in [0.1, 0.15) is 5.78 Å². The maximum Gasteiger partial charge on any atom is 0.143 e. The Kier molecular flexibility index (Phi) is 5.64.